The summed E-state index contributed by atoms with van der Waals surface area (Å²) in [4.78, 5) is 12.5. The molecular formula is C12H17ClN2O. The van der Waals surface area contributed by atoms with Gasteiger partial charge in [0.25, 0.3) is 0 Å². The Bertz CT molecular complexity index is 386. The SMILES string of the molecule is Cn1ncc(Cl)c1C(=O)C1(C)CCCCC1. The molecule has 1 aromatic rings. The predicted molar refractivity (Wildman–Crippen MR) is 63.7 cm³/mol. The molecule has 88 valence electrons. The van der Waals surface area contributed by atoms with Crippen molar-refractivity contribution in [1.82, 2.24) is 9.78 Å². The number of Topliss-reactive ketones (excluding diaryl/α,β-unsaturated/α-hetero) is 1. The first-order valence-electron chi connectivity index (χ1n) is 5.77. The van der Waals surface area contributed by atoms with E-state index in [0.717, 1.165) is 25.7 Å². The Morgan fingerprint density at radius 1 is 1.44 bits per heavy atom. The van der Waals surface area contributed by atoms with Gasteiger partial charge in [-0.1, -0.05) is 37.8 Å². The van der Waals surface area contributed by atoms with Crippen molar-refractivity contribution in [1.29, 1.82) is 0 Å². The minimum absolute atomic E-state index is 0.150. The van der Waals surface area contributed by atoms with Gasteiger partial charge in [0, 0.05) is 12.5 Å². The molecule has 0 N–H and O–H groups in total. The Morgan fingerprint density at radius 3 is 2.56 bits per heavy atom. The monoisotopic (exact) mass is 240 g/mol. The van der Waals surface area contributed by atoms with E-state index in [9.17, 15) is 4.79 Å². The second-order valence-electron chi connectivity index (χ2n) is 4.92. The number of hydrogen-bond donors (Lipinski definition) is 0. The van der Waals surface area contributed by atoms with Crippen molar-refractivity contribution in [3.8, 4) is 0 Å². The summed E-state index contributed by atoms with van der Waals surface area (Å²) in [5.41, 5.74) is 0.321. The number of ketones is 1. The zero-order valence-electron chi connectivity index (χ0n) is 9.79. The molecule has 0 saturated heterocycles. The lowest BCUT2D eigenvalue weighted by molar-refractivity contribution is 0.0739. The Hall–Kier alpha value is -0.830. The van der Waals surface area contributed by atoms with Crippen molar-refractivity contribution in [3.63, 3.8) is 0 Å². The molecule has 0 radical (unpaired) electrons. The smallest absolute Gasteiger partial charge is 0.188 e. The molecule has 0 bridgehead atoms. The molecule has 0 aliphatic heterocycles. The van der Waals surface area contributed by atoms with Gasteiger partial charge in [-0.15, -0.1) is 0 Å². The summed E-state index contributed by atoms with van der Waals surface area (Å²) in [6.45, 7) is 2.05. The van der Waals surface area contributed by atoms with Gasteiger partial charge in [-0.25, -0.2) is 0 Å². The maximum atomic E-state index is 12.5. The molecule has 2 rings (SSSR count). The average molecular weight is 241 g/mol. The first kappa shape index (κ1) is 11.6. The van der Waals surface area contributed by atoms with E-state index < -0.39 is 0 Å². The van der Waals surface area contributed by atoms with Crippen LogP contribution in [0, 0.1) is 5.41 Å². The van der Waals surface area contributed by atoms with Crippen molar-refractivity contribution in [3.05, 3.63) is 16.9 Å². The first-order chi connectivity index (χ1) is 7.54. The molecule has 1 saturated carbocycles. The van der Waals surface area contributed by atoms with Crippen LogP contribution >= 0.6 is 11.6 Å². The highest BCUT2D eigenvalue weighted by atomic mass is 35.5. The van der Waals surface area contributed by atoms with E-state index in [-0.39, 0.29) is 11.2 Å². The lowest BCUT2D eigenvalue weighted by Gasteiger charge is -2.31. The van der Waals surface area contributed by atoms with E-state index in [1.54, 1.807) is 17.9 Å². The van der Waals surface area contributed by atoms with Crippen molar-refractivity contribution in [2.45, 2.75) is 39.0 Å². The van der Waals surface area contributed by atoms with E-state index in [1.807, 2.05) is 0 Å². The Balaban J connectivity index is 2.31. The molecule has 0 atom stereocenters. The fraction of sp³-hybridized carbons (Fsp3) is 0.667. The number of aryl methyl sites for hydroxylation is 1. The molecule has 0 amide bonds. The van der Waals surface area contributed by atoms with Crippen molar-refractivity contribution in [2.24, 2.45) is 12.5 Å². The summed E-state index contributed by atoms with van der Waals surface area (Å²) in [5.74, 6) is 0.150. The first-order valence-corrected chi connectivity index (χ1v) is 6.15. The van der Waals surface area contributed by atoms with Gasteiger partial charge in [0.15, 0.2) is 5.78 Å². The van der Waals surface area contributed by atoms with Crippen LogP contribution in [0.4, 0.5) is 0 Å². The number of hydrogen-bond acceptors (Lipinski definition) is 2. The normalized spacial score (nSPS) is 19.7. The van der Waals surface area contributed by atoms with Crippen LogP contribution < -0.4 is 0 Å². The molecule has 0 spiro atoms. The van der Waals surface area contributed by atoms with Crippen LogP contribution in [0.1, 0.15) is 49.5 Å². The third kappa shape index (κ3) is 1.88. The highest BCUT2D eigenvalue weighted by Crippen LogP contribution is 2.39. The molecular weight excluding hydrogens is 224 g/mol. The van der Waals surface area contributed by atoms with Crippen LogP contribution in [0.15, 0.2) is 6.20 Å². The molecule has 1 aromatic heterocycles. The molecule has 16 heavy (non-hydrogen) atoms. The molecule has 1 aliphatic carbocycles. The van der Waals surface area contributed by atoms with Crippen LogP contribution in [-0.2, 0) is 7.05 Å². The van der Waals surface area contributed by atoms with Crippen molar-refractivity contribution >= 4 is 17.4 Å². The lowest BCUT2D eigenvalue weighted by atomic mass is 9.72. The van der Waals surface area contributed by atoms with E-state index in [2.05, 4.69) is 12.0 Å². The summed E-state index contributed by atoms with van der Waals surface area (Å²) >= 11 is 6.02. The Kier molecular flexibility index (Phi) is 3.06. The highest BCUT2D eigenvalue weighted by molar-refractivity contribution is 6.33. The molecule has 1 fully saturated rings. The van der Waals surface area contributed by atoms with Gasteiger partial charge in [0.05, 0.1) is 11.2 Å². The van der Waals surface area contributed by atoms with E-state index >= 15 is 0 Å². The van der Waals surface area contributed by atoms with Gasteiger partial charge in [-0.3, -0.25) is 9.48 Å². The van der Waals surface area contributed by atoms with Crippen LogP contribution in [0.3, 0.4) is 0 Å². The molecule has 3 nitrogen and oxygen atoms in total. The minimum Gasteiger partial charge on any atom is -0.292 e. The number of aromatic nitrogens is 2. The topological polar surface area (TPSA) is 34.9 Å². The van der Waals surface area contributed by atoms with Gasteiger partial charge in [0.2, 0.25) is 0 Å². The Labute approximate surface area is 101 Å². The second kappa shape index (κ2) is 4.21. The number of carbonyl (C=O) groups is 1. The third-order valence-corrected chi connectivity index (χ3v) is 3.89. The molecule has 1 aliphatic rings. The van der Waals surface area contributed by atoms with Crippen LogP contribution in [0.2, 0.25) is 5.02 Å². The minimum atomic E-state index is -0.240. The van der Waals surface area contributed by atoms with Gasteiger partial charge >= 0.3 is 0 Å². The summed E-state index contributed by atoms with van der Waals surface area (Å²) < 4.78 is 1.59. The predicted octanol–water partition coefficient (Wildman–Crippen LogP) is 3.23. The molecule has 1 heterocycles. The van der Waals surface area contributed by atoms with Crippen LogP contribution in [-0.4, -0.2) is 15.6 Å². The zero-order chi connectivity index (χ0) is 11.8. The van der Waals surface area contributed by atoms with Crippen molar-refractivity contribution < 1.29 is 4.79 Å². The number of halogens is 1. The van der Waals surface area contributed by atoms with Gasteiger partial charge in [-0.05, 0) is 12.8 Å². The number of carbonyl (C=O) groups excluding carboxylic acids is 1. The van der Waals surface area contributed by atoms with Gasteiger partial charge < -0.3 is 0 Å². The fourth-order valence-electron chi connectivity index (χ4n) is 2.51. The molecule has 0 unspecified atom stereocenters. The average Bonchev–Trinajstić information content (AvgIpc) is 2.59. The standard InChI is InChI=1S/C12H17ClN2O/c1-12(6-4-3-5-7-12)11(16)10-9(13)8-14-15(10)2/h8H,3-7H2,1-2H3. The van der Waals surface area contributed by atoms with E-state index in [0.29, 0.717) is 10.7 Å². The molecule has 0 aromatic carbocycles. The van der Waals surface area contributed by atoms with Crippen molar-refractivity contribution in [2.75, 3.05) is 0 Å². The Morgan fingerprint density at radius 2 is 2.06 bits per heavy atom. The summed E-state index contributed by atoms with van der Waals surface area (Å²) in [6.07, 6.45) is 6.99. The lowest BCUT2D eigenvalue weighted by Crippen LogP contribution is -2.31. The maximum Gasteiger partial charge on any atom is 0.188 e. The number of rotatable bonds is 2. The molecule has 4 heteroatoms. The summed E-state index contributed by atoms with van der Waals surface area (Å²) in [6, 6.07) is 0. The highest BCUT2D eigenvalue weighted by Gasteiger charge is 2.37. The largest absolute Gasteiger partial charge is 0.292 e. The van der Waals surface area contributed by atoms with E-state index in [1.165, 1.54) is 6.42 Å². The maximum absolute atomic E-state index is 12.5. The quantitative estimate of drug-likeness (QED) is 0.744. The zero-order valence-corrected chi connectivity index (χ0v) is 10.5. The van der Waals surface area contributed by atoms with E-state index in [4.69, 9.17) is 11.6 Å². The third-order valence-electron chi connectivity index (χ3n) is 3.61. The van der Waals surface area contributed by atoms with Gasteiger partial charge in [-0.2, -0.15) is 5.10 Å². The second-order valence-corrected chi connectivity index (χ2v) is 5.32. The summed E-state index contributed by atoms with van der Waals surface area (Å²) in [7, 11) is 1.77. The van der Waals surface area contributed by atoms with Gasteiger partial charge in [0.1, 0.15) is 5.69 Å². The summed E-state index contributed by atoms with van der Waals surface area (Å²) in [5, 5.41) is 4.50. The van der Waals surface area contributed by atoms with Crippen LogP contribution in [0.25, 0.3) is 0 Å². The van der Waals surface area contributed by atoms with Crippen LogP contribution in [0.5, 0.6) is 0 Å². The fourth-order valence-corrected chi connectivity index (χ4v) is 2.76. The number of nitrogens with zero attached hydrogens (tertiary/aromatic N) is 2.